The molecule has 0 radical (unpaired) electrons. The number of carbonyl (C=O) groups excluding carboxylic acids is 15. The number of aliphatic hydroxyl groups excluding tert-OH is 2. The number of aromatic nitrogens is 7. The van der Waals surface area contributed by atoms with E-state index in [0.29, 0.717) is 55.5 Å². The molecule has 0 aliphatic carbocycles. The van der Waals surface area contributed by atoms with Crippen LogP contribution in [0.4, 0.5) is 0 Å². The topological polar surface area (TPSA) is 661 Å². The van der Waals surface area contributed by atoms with Crippen LogP contribution in [-0.4, -0.2) is 291 Å². The number of nitrogens with one attached hydrogen (secondary N) is 18. The number of hydrogen-bond acceptors (Lipinski definition) is 25. The summed E-state index contributed by atoms with van der Waals surface area (Å²) in [7, 11) is 0. The molecule has 0 unspecified atom stereocenters. The zero-order valence-corrected chi connectivity index (χ0v) is 76.2. The number of nitrogens with zero attached hydrogens (tertiary/aromatic N) is 5. The summed E-state index contributed by atoms with van der Waals surface area (Å²) in [6.45, 7) is 0.627. The first kappa shape index (κ1) is 108. The third-order valence-corrected chi connectivity index (χ3v) is 22.7. The third-order valence-electron chi connectivity index (χ3n) is 22.7. The minimum Gasteiger partial charge on any atom is -0.394 e. The zero-order valence-electron chi connectivity index (χ0n) is 76.2. The van der Waals surface area contributed by atoms with Crippen molar-refractivity contribution in [1.29, 1.82) is 5.41 Å². The van der Waals surface area contributed by atoms with Crippen molar-refractivity contribution < 1.29 is 91.6 Å². The molecule has 5 heterocycles. The number of aliphatic hydroxyl groups is 2. The van der Waals surface area contributed by atoms with Crippen molar-refractivity contribution in [3.8, 4) is 0 Å². The van der Waals surface area contributed by atoms with Gasteiger partial charge in [-0.3, -0.25) is 77.3 Å². The smallest absolute Gasteiger partial charge is 0.246 e. The molecule has 3 aromatic heterocycles. The lowest BCUT2D eigenvalue weighted by Crippen LogP contribution is -2.60. The van der Waals surface area contributed by atoms with Gasteiger partial charge in [-0.05, 0) is 98.8 Å². The molecule has 11 atom stereocenters. The molecule has 732 valence electrons. The quantitative estimate of drug-likeness (QED) is 0.0117. The number of imidazole rings is 1. The van der Waals surface area contributed by atoms with Gasteiger partial charge in [-0.2, -0.15) is 0 Å². The number of aromatic amines is 3. The van der Waals surface area contributed by atoms with E-state index in [1.54, 1.807) is 36.5 Å². The number of para-hydroxylation sites is 1. The Morgan fingerprint density at radius 1 is 0.624 bits per heavy atom. The van der Waals surface area contributed by atoms with Crippen LogP contribution in [0, 0.1) is 5.41 Å². The Balaban J connectivity index is 0.880. The fraction of sp³-hybridized carbons (Fsp3) is 0.618. The van der Waals surface area contributed by atoms with Gasteiger partial charge < -0.3 is 120 Å². The summed E-state index contributed by atoms with van der Waals surface area (Å²) >= 11 is 0. The number of fused-ring (bicyclic) bond motifs is 2. The van der Waals surface area contributed by atoms with Gasteiger partial charge in [0.2, 0.25) is 82.7 Å². The second-order valence-electron chi connectivity index (χ2n) is 33.5. The van der Waals surface area contributed by atoms with E-state index in [9.17, 15) is 77.3 Å². The molecule has 44 nitrogen and oxygen atoms in total. The van der Waals surface area contributed by atoms with Crippen LogP contribution in [0.3, 0.4) is 0 Å². The van der Waals surface area contributed by atoms with E-state index < -0.39 is 195 Å². The van der Waals surface area contributed by atoms with Crippen LogP contribution < -0.4 is 85.9 Å². The van der Waals surface area contributed by atoms with Crippen LogP contribution in [0.1, 0.15) is 203 Å². The molecule has 2 saturated heterocycles. The largest absolute Gasteiger partial charge is 0.394 e. The standard InChI is InChI=1S/C89H137N25O19/c1-3-4-29-66(104-80(123)63(90)37-40-96-81(124)71(47-60-50-93-56-101-60)108-86(129)72(54-115)102-78(121)52-99-77(120)51-100-79(122)55-133-44-43-132-42-41-95-75(118)34-20-15-13-11-9-7-5-6-8-10-12-14-19-33-74-110-112-113-111-74)82(125)106-68-35-36-76(119)94-38-24-23-30-64(57(2)116)103-85(128)70(46-59-49-98-65-31-22-21-28-62(59)65)107-83(126)67(32-25-39-97-89(91)92)105-84(127)69(45-58-26-17-16-18-27-58)109-87(130)73-48-61(117)53-114(73)88(68)131/h16-18,21-22,26-28,31,49-50,56,61,63-64,66-73,98,115,117H,3-15,19-20,23-25,29-30,32-48,51-55,90H2,1-2H3,(H,93,101)(H,94,119)(H,95,118)(H,96,124)(H,99,120)(H,100,122)(H,102,121)(H,103,128)(H,104,123)(H,105,127)(H,106,125)(H,107,126)(H,108,129)(H,109,130)(H4,91,92,97)(H,110,111,112,113)/t61-,63+,64+,66+,67+,68+,69-,70+,71+,72-,73+/m1/s1. The first-order valence-corrected chi connectivity index (χ1v) is 46.3. The van der Waals surface area contributed by atoms with Crippen LogP contribution in [0.5, 0.6) is 0 Å². The summed E-state index contributed by atoms with van der Waals surface area (Å²) in [4.78, 5) is 219. The van der Waals surface area contributed by atoms with Gasteiger partial charge in [0, 0.05) is 101 Å². The molecule has 2 aromatic carbocycles. The molecular formula is C89H137N25O19. The highest BCUT2D eigenvalue weighted by atomic mass is 16.5. The van der Waals surface area contributed by atoms with E-state index in [1.165, 1.54) is 77.2 Å². The number of benzene rings is 2. The van der Waals surface area contributed by atoms with Gasteiger partial charge in [0.1, 0.15) is 60.8 Å². The van der Waals surface area contributed by atoms with Gasteiger partial charge in [-0.25, -0.2) is 10.1 Å². The van der Waals surface area contributed by atoms with Crippen LogP contribution in [0.2, 0.25) is 0 Å². The van der Waals surface area contributed by atoms with E-state index in [0.717, 1.165) is 53.7 Å². The molecule has 44 heteroatoms. The Bertz CT molecular complexity index is 4490. The van der Waals surface area contributed by atoms with Crippen LogP contribution >= 0.6 is 0 Å². The molecule has 24 N–H and O–H groups in total. The molecular weight excluding hydrogens is 1720 g/mol. The number of Topliss-reactive ketones (excluding diaryl/α,β-unsaturated/α-hetero) is 1. The monoisotopic (exact) mass is 1860 g/mol. The number of ether oxygens (including phenoxy) is 2. The Morgan fingerprint density at radius 3 is 1.98 bits per heavy atom. The molecule has 133 heavy (non-hydrogen) atoms. The number of nitrogens with two attached hydrogens (primary N) is 2. The van der Waals surface area contributed by atoms with Crippen LogP contribution in [0.15, 0.2) is 73.3 Å². The number of ketones is 1. The lowest BCUT2D eigenvalue weighted by Gasteiger charge is -2.31. The summed E-state index contributed by atoms with van der Waals surface area (Å²) in [6.07, 6.45) is 19.3. The minimum absolute atomic E-state index is 0.00944. The lowest BCUT2D eigenvalue weighted by molar-refractivity contribution is -0.143. The van der Waals surface area contributed by atoms with E-state index in [4.69, 9.17) is 26.4 Å². The lowest BCUT2D eigenvalue weighted by atomic mass is 10.0. The van der Waals surface area contributed by atoms with Gasteiger partial charge in [0.05, 0.1) is 69.7 Å². The van der Waals surface area contributed by atoms with Crippen LogP contribution in [0.25, 0.3) is 10.9 Å². The number of unbranched alkanes of at least 4 members (excludes halogenated alkanes) is 13. The average Bonchev–Trinajstić information content (AvgIpc) is 1.40. The predicted octanol–water partition coefficient (Wildman–Crippen LogP) is -1.69. The van der Waals surface area contributed by atoms with E-state index in [2.05, 4.69) is 110 Å². The Hall–Kier alpha value is -12.4. The normalized spacial score (nSPS) is 18.7. The number of aryl methyl sites for hydroxylation is 1. The maximum absolute atomic E-state index is 15.2. The van der Waals surface area contributed by atoms with Crippen LogP contribution in [-0.2, 0) is 107 Å². The SMILES string of the molecule is CCCC[C@H](NC(=O)[C@@H](N)CCNC(=O)[C@H](Cc1c[nH]cn1)NC(=O)[C@@H](CO)NC(=O)CNC(=O)CNC(=O)COCCOCCNC(=O)CCCCCCCCCCCCCCCc1nnn[nH]1)C(=O)N[C@H]1CCC(=O)NCCCC[C@@H](C(C)=O)NC(=O)[C@H](Cc2c[nH]c3ccccc23)NC(=O)[C@H](CCCNC(=N)N)NC(=O)[C@@H](Cc2ccccc2)NC(=O)[C@@H]2C[C@@H](O)CN2C1=O. The Labute approximate surface area is 773 Å². The number of rotatable bonds is 54. The summed E-state index contributed by atoms with van der Waals surface area (Å²) in [5.41, 5.74) is 14.3. The van der Waals surface area contributed by atoms with Gasteiger partial charge >= 0.3 is 0 Å². The first-order valence-electron chi connectivity index (χ1n) is 46.3. The Kier molecular flexibility index (Phi) is 49.0. The van der Waals surface area contributed by atoms with Crippen molar-refractivity contribution in [3.63, 3.8) is 0 Å². The maximum atomic E-state index is 15.2. The molecule has 0 bridgehead atoms. The van der Waals surface area contributed by atoms with Gasteiger partial charge in [-0.15, -0.1) is 5.10 Å². The molecule has 0 saturated carbocycles. The highest BCUT2D eigenvalue weighted by Gasteiger charge is 2.44. The molecule has 7 rings (SSSR count). The number of amides is 14. The van der Waals surface area contributed by atoms with Crippen molar-refractivity contribution >= 4 is 105 Å². The number of guanidine groups is 1. The molecule has 2 aliphatic rings. The number of hydrogen-bond donors (Lipinski definition) is 22. The zero-order chi connectivity index (χ0) is 96.1. The third kappa shape index (κ3) is 41.1. The highest BCUT2D eigenvalue weighted by Crippen LogP contribution is 2.24. The van der Waals surface area contributed by atoms with Gasteiger partial charge in [0.15, 0.2) is 11.7 Å². The van der Waals surface area contributed by atoms with Gasteiger partial charge in [-0.1, -0.05) is 139 Å². The van der Waals surface area contributed by atoms with Crippen molar-refractivity contribution in [2.45, 2.75) is 273 Å². The number of carbonyl (C=O) groups is 15. The molecule has 14 amide bonds. The summed E-state index contributed by atoms with van der Waals surface area (Å²) in [5, 5.41) is 80.8. The maximum Gasteiger partial charge on any atom is 0.246 e. The number of H-pyrrole nitrogens is 3. The second-order valence-corrected chi connectivity index (χ2v) is 33.5. The Morgan fingerprint density at radius 2 is 1.29 bits per heavy atom. The van der Waals surface area contributed by atoms with E-state index in [1.807, 2.05) is 31.2 Å². The van der Waals surface area contributed by atoms with Crippen molar-refractivity contribution in [1.82, 2.24) is 115 Å². The summed E-state index contributed by atoms with van der Waals surface area (Å²) in [6, 6.07) is 1.53. The number of tetrazole rings is 1. The average molecular weight is 1860 g/mol. The molecule has 5 aromatic rings. The summed E-state index contributed by atoms with van der Waals surface area (Å²) < 4.78 is 10.8. The fourth-order valence-electron chi connectivity index (χ4n) is 15.3. The van der Waals surface area contributed by atoms with Crippen molar-refractivity contribution in [3.05, 3.63) is 96.0 Å². The second kappa shape index (κ2) is 60.6. The minimum atomic E-state index is -1.65. The summed E-state index contributed by atoms with van der Waals surface area (Å²) in [5.74, 6) is -10.8. The predicted molar refractivity (Wildman–Crippen MR) is 487 cm³/mol. The van der Waals surface area contributed by atoms with Gasteiger partial charge in [0.25, 0.3) is 0 Å². The molecule has 2 aliphatic heterocycles. The van der Waals surface area contributed by atoms with Crippen molar-refractivity contribution in [2.75, 3.05) is 78.8 Å². The first-order chi connectivity index (χ1) is 64.2. The molecule has 0 spiro atoms. The van der Waals surface area contributed by atoms with E-state index in [-0.39, 0.29) is 109 Å². The molecule has 2 fully saturated rings. The highest BCUT2D eigenvalue weighted by molar-refractivity contribution is 6.00. The van der Waals surface area contributed by atoms with E-state index >= 15 is 4.79 Å². The van der Waals surface area contributed by atoms with Crippen molar-refractivity contribution in [2.24, 2.45) is 11.5 Å². The fourth-order valence-corrected chi connectivity index (χ4v) is 15.3.